The highest BCUT2D eigenvalue weighted by Gasteiger charge is 2.25. The Morgan fingerprint density at radius 3 is 2.44 bits per heavy atom. The molecule has 7 heteroatoms. The van der Waals surface area contributed by atoms with Crippen molar-refractivity contribution in [2.75, 3.05) is 26.2 Å². The van der Waals surface area contributed by atoms with Crippen LogP contribution in [0.4, 0.5) is 0 Å². The molecule has 0 atom stereocenters. The number of aromatic carboxylic acids is 1. The predicted octanol–water partition coefficient (Wildman–Crippen LogP) is 3.28. The van der Waals surface area contributed by atoms with Gasteiger partial charge in [0.2, 0.25) is 5.91 Å². The van der Waals surface area contributed by atoms with Gasteiger partial charge in [0.1, 0.15) is 0 Å². The van der Waals surface area contributed by atoms with Gasteiger partial charge < -0.3 is 15.3 Å². The minimum Gasteiger partial charge on any atom is -0.478 e. The van der Waals surface area contributed by atoms with E-state index in [1.54, 1.807) is 30.6 Å². The smallest absolute Gasteiger partial charge is 0.335 e. The van der Waals surface area contributed by atoms with Crippen LogP contribution in [0.5, 0.6) is 0 Å². The molecule has 0 bridgehead atoms. The summed E-state index contributed by atoms with van der Waals surface area (Å²) in [4.78, 5) is 41.9. The van der Waals surface area contributed by atoms with E-state index in [4.69, 9.17) is 5.11 Å². The van der Waals surface area contributed by atoms with Crippen LogP contribution in [0.25, 0.3) is 6.08 Å². The molecule has 0 spiro atoms. The average Bonchev–Trinajstić information content (AvgIpc) is 2.83. The average molecular weight is 436 g/mol. The van der Waals surface area contributed by atoms with Gasteiger partial charge >= 0.3 is 5.97 Å². The molecule has 1 aliphatic rings. The van der Waals surface area contributed by atoms with Crippen molar-refractivity contribution in [3.8, 4) is 0 Å². The van der Waals surface area contributed by atoms with Gasteiger partial charge in [0.25, 0.3) is 0 Å². The first-order chi connectivity index (χ1) is 15.5. The number of ketones is 1. The van der Waals surface area contributed by atoms with Crippen molar-refractivity contribution in [1.82, 2.24) is 15.2 Å². The Balaban J connectivity index is 1.30. The summed E-state index contributed by atoms with van der Waals surface area (Å²) in [6.07, 6.45) is 10.2. The van der Waals surface area contributed by atoms with Crippen molar-refractivity contribution in [3.05, 3.63) is 71.6 Å². The number of nitrogens with zero attached hydrogens (tertiary/aromatic N) is 2. The number of carboxylic acids is 1. The molecule has 2 N–H and O–H groups in total. The van der Waals surface area contributed by atoms with E-state index in [0.717, 1.165) is 50.9 Å². The zero-order valence-electron chi connectivity index (χ0n) is 18.1. The number of benzene rings is 1. The molecule has 1 aromatic carbocycles. The van der Waals surface area contributed by atoms with E-state index >= 15 is 0 Å². The minimum atomic E-state index is -0.988. The van der Waals surface area contributed by atoms with Gasteiger partial charge in [-0.2, -0.15) is 0 Å². The van der Waals surface area contributed by atoms with Gasteiger partial charge in [-0.15, -0.1) is 0 Å². The number of Topliss-reactive ketones (excluding diaryl/α,β-unsaturated/α-hetero) is 1. The maximum absolute atomic E-state index is 12.7. The number of nitrogens with one attached hydrogen (secondary N) is 1. The standard InChI is InChI=1S/C25H29N3O4/c29-23(10-5-19-4-3-13-26-18-19)27-14-1-2-15-28-16-11-21(12-17-28)24(30)20-6-8-22(9-7-20)25(31)32/h3-10,13,18,21H,1-2,11-12,14-17H2,(H,27,29)(H,31,32)/b10-5-. The topological polar surface area (TPSA) is 99.6 Å². The third-order valence-electron chi connectivity index (χ3n) is 5.69. The van der Waals surface area contributed by atoms with Crippen LogP contribution in [-0.2, 0) is 4.79 Å². The number of pyridine rings is 1. The molecule has 1 aromatic heterocycles. The van der Waals surface area contributed by atoms with E-state index in [-0.39, 0.29) is 23.2 Å². The van der Waals surface area contributed by atoms with Crippen molar-refractivity contribution in [1.29, 1.82) is 0 Å². The lowest BCUT2D eigenvalue weighted by Gasteiger charge is -2.31. The molecule has 7 nitrogen and oxygen atoms in total. The molecule has 0 aliphatic carbocycles. The molecule has 1 saturated heterocycles. The first kappa shape index (κ1) is 23.3. The number of carbonyl (C=O) groups excluding carboxylic acids is 2. The lowest BCUT2D eigenvalue weighted by Crippen LogP contribution is -2.37. The normalized spacial score (nSPS) is 15.0. The van der Waals surface area contributed by atoms with Crippen molar-refractivity contribution in [3.63, 3.8) is 0 Å². The number of unbranched alkanes of at least 4 members (excludes halogenated alkanes) is 1. The van der Waals surface area contributed by atoms with Crippen LogP contribution in [0.1, 0.15) is 52.0 Å². The molecule has 1 aliphatic heterocycles. The van der Waals surface area contributed by atoms with E-state index in [2.05, 4.69) is 15.2 Å². The first-order valence-corrected chi connectivity index (χ1v) is 11.0. The third kappa shape index (κ3) is 7.13. The molecule has 0 saturated carbocycles. The highest BCUT2D eigenvalue weighted by Crippen LogP contribution is 2.22. The summed E-state index contributed by atoms with van der Waals surface area (Å²) in [5.41, 5.74) is 1.67. The Kier molecular flexibility index (Phi) is 8.69. The molecule has 1 fully saturated rings. The number of piperidine rings is 1. The first-order valence-electron chi connectivity index (χ1n) is 11.0. The lowest BCUT2D eigenvalue weighted by atomic mass is 9.88. The van der Waals surface area contributed by atoms with E-state index in [0.29, 0.717) is 12.1 Å². The highest BCUT2D eigenvalue weighted by atomic mass is 16.4. The fourth-order valence-corrected chi connectivity index (χ4v) is 3.81. The summed E-state index contributed by atoms with van der Waals surface area (Å²) in [6.45, 7) is 3.35. The summed E-state index contributed by atoms with van der Waals surface area (Å²) >= 11 is 0. The lowest BCUT2D eigenvalue weighted by molar-refractivity contribution is -0.116. The van der Waals surface area contributed by atoms with Gasteiger partial charge in [0, 0.05) is 36.5 Å². The summed E-state index contributed by atoms with van der Waals surface area (Å²) in [5.74, 6) is -1.00. The third-order valence-corrected chi connectivity index (χ3v) is 5.69. The molecular weight excluding hydrogens is 406 g/mol. The molecular formula is C25H29N3O4. The number of hydrogen-bond acceptors (Lipinski definition) is 5. The molecule has 0 unspecified atom stereocenters. The zero-order chi connectivity index (χ0) is 22.8. The Labute approximate surface area is 188 Å². The van der Waals surface area contributed by atoms with Crippen LogP contribution >= 0.6 is 0 Å². The van der Waals surface area contributed by atoms with Crippen molar-refractivity contribution in [2.24, 2.45) is 5.92 Å². The molecule has 2 aromatic rings. The van der Waals surface area contributed by atoms with Crippen LogP contribution in [0.15, 0.2) is 54.9 Å². The van der Waals surface area contributed by atoms with Crippen LogP contribution in [0, 0.1) is 5.92 Å². The predicted molar refractivity (Wildman–Crippen MR) is 122 cm³/mol. The molecule has 3 rings (SSSR count). The molecule has 0 radical (unpaired) electrons. The van der Waals surface area contributed by atoms with E-state index in [1.807, 2.05) is 12.1 Å². The van der Waals surface area contributed by atoms with Crippen molar-refractivity contribution in [2.45, 2.75) is 25.7 Å². The minimum absolute atomic E-state index is 0.00665. The molecule has 1 amide bonds. The van der Waals surface area contributed by atoms with E-state index in [9.17, 15) is 14.4 Å². The van der Waals surface area contributed by atoms with Crippen LogP contribution in [0.2, 0.25) is 0 Å². The summed E-state index contributed by atoms with van der Waals surface area (Å²) in [7, 11) is 0. The molecule has 168 valence electrons. The largest absolute Gasteiger partial charge is 0.478 e. The van der Waals surface area contributed by atoms with Gasteiger partial charge in [0.05, 0.1) is 5.56 Å². The number of likely N-dealkylation sites (tertiary alicyclic amines) is 1. The van der Waals surface area contributed by atoms with Gasteiger partial charge in [-0.05, 0) is 75.2 Å². The number of carbonyl (C=O) groups is 3. The second kappa shape index (κ2) is 11.9. The second-order valence-electron chi connectivity index (χ2n) is 7.98. The van der Waals surface area contributed by atoms with Crippen LogP contribution < -0.4 is 5.32 Å². The van der Waals surface area contributed by atoms with Gasteiger partial charge in [-0.25, -0.2) is 4.79 Å². The number of aromatic nitrogens is 1. The molecule has 32 heavy (non-hydrogen) atoms. The Bertz CT molecular complexity index is 933. The van der Waals surface area contributed by atoms with Gasteiger partial charge in [-0.1, -0.05) is 18.2 Å². The maximum atomic E-state index is 12.7. The van der Waals surface area contributed by atoms with Crippen molar-refractivity contribution < 1.29 is 19.5 Å². The Morgan fingerprint density at radius 2 is 1.78 bits per heavy atom. The Hall–Kier alpha value is -3.32. The van der Waals surface area contributed by atoms with Crippen LogP contribution in [0.3, 0.4) is 0 Å². The maximum Gasteiger partial charge on any atom is 0.335 e. The number of hydrogen-bond donors (Lipinski definition) is 2. The van der Waals surface area contributed by atoms with Crippen molar-refractivity contribution >= 4 is 23.7 Å². The summed E-state index contributed by atoms with van der Waals surface area (Å²) < 4.78 is 0. The second-order valence-corrected chi connectivity index (χ2v) is 7.98. The summed E-state index contributed by atoms with van der Waals surface area (Å²) in [5, 5.41) is 11.9. The fourth-order valence-electron chi connectivity index (χ4n) is 3.81. The van der Waals surface area contributed by atoms with Gasteiger partial charge in [0.15, 0.2) is 5.78 Å². The summed E-state index contributed by atoms with van der Waals surface area (Å²) in [6, 6.07) is 9.91. The quantitative estimate of drug-likeness (QED) is 0.338. The van der Waals surface area contributed by atoms with Crippen LogP contribution in [-0.4, -0.2) is 58.8 Å². The monoisotopic (exact) mass is 435 g/mol. The van der Waals surface area contributed by atoms with E-state index < -0.39 is 5.97 Å². The van der Waals surface area contributed by atoms with E-state index in [1.165, 1.54) is 18.2 Å². The number of amides is 1. The Morgan fingerprint density at radius 1 is 1.06 bits per heavy atom. The zero-order valence-corrected chi connectivity index (χ0v) is 18.1. The highest BCUT2D eigenvalue weighted by molar-refractivity contribution is 5.99. The fraction of sp³-hybridized carbons (Fsp3) is 0.360. The number of rotatable bonds is 10. The number of carboxylic acid groups (broad SMARTS) is 1. The SMILES string of the molecule is O=C(/C=C\c1cccnc1)NCCCCN1CCC(C(=O)c2ccc(C(=O)O)cc2)CC1. The molecule has 2 heterocycles. The van der Waals surface area contributed by atoms with Gasteiger partial charge in [-0.3, -0.25) is 14.6 Å².